The van der Waals surface area contributed by atoms with E-state index >= 15 is 0 Å². The molecule has 0 saturated heterocycles. The van der Waals surface area contributed by atoms with Gasteiger partial charge in [0, 0.05) is 5.38 Å². The number of hydrogen-bond donors (Lipinski definition) is 1. The lowest BCUT2D eigenvalue weighted by Gasteiger charge is -2.05. The highest BCUT2D eigenvalue weighted by Crippen LogP contribution is 2.18. The summed E-state index contributed by atoms with van der Waals surface area (Å²) in [7, 11) is 0. The first-order valence-corrected chi connectivity index (χ1v) is 7.14. The maximum absolute atomic E-state index is 6.12. The molecule has 0 spiro atoms. The third-order valence-electron chi connectivity index (χ3n) is 2.91. The molecule has 0 amide bonds. The SMILES string of the molecule is Cc1nc(Cc2noc(C(N)c3ccccc3)n2)cs1. The monoisotopic (exact) mass is 286 g/mol. The van der Waals surface area contributed by atoms with E-state index in [0.717, 1.165) is 16.3 Å². The summed E-state index contributed by atoms with van der Waals surface area (Å²) in [5.41, 5.74) is 8.02. The van der Waals surface area contributed by atoms with Crippen LogP contribution in [0.1, 0.15) is 34.0 Å². The molecule has 2 aromatic heterocycles. The van der Waals surface area contributed by atoms with Gasteiger partial charge in [0.25, 0.3) is 0 Å². The Bertz CT molecular complexity index is 692. The minimum atomic E-state index is -0.394. The predicted molar refractivity (Wildman–Crippen MR) is 76.4 cm³/mol. The van der Waals surface area contributed by atoms with Gasteiger partial charge in [0.1, 0.15) is 6.04 Å². The normalized spacial score (nSPS) is 12.5. The molecule has 3 aromatic rings. The third-order valence-corrected chi connectivity index (χ3v) is 3.74. The van der Waals surface area contributed by atoms with Crippen molar-refractivity contribution in [3.63, 3.8) is 0 Å². The van der Waals surface area contributed by atoms with E-state index in [9.17, 15) is 0 Å². The number of nitrogens with zero attached hydrogens (tertiary/aromatic N) is 3. The fourth-order valence-corrected chi connectivity index (χ4v) is 2.53. The van der Waals surface area contributed by atoms with E-state index in [-0.39, 0.29) is 0 Å². The van der Waals surface area contributed by atoms with Gasteiger partial charge in [0.05, 0.1) is 17.1 Å². The highest BCUT2D eigenvalue weighted by molar-refractivity contribution is 7.09. The fraction of sp³-hybridized carbons (Fsp3) is 0.214. The molecule has 2 heterocycles. The Kier molecular flexibility index (Phi) is 3.58. The van der Waals surface area contributed by atoms with Gasteiger partial charge in [-0.2, -0.15) is 4.98 Å². The molecule has 1 atom stereocenters. The van der Waals surface area contributed by atoms with Crippen molar-refractivity contribution in [1.82, 2.24) is 15.1 Å². The summed E-state index contributed by atoms with van der Waals surface area (Å²) in [4.78, 5) is 8.74. The fourth-order valence-electron chi connectivity index (χ4n) is 1.92. The minimum absolute atomic E-state index is 0.394. The van der Waals surface area contributed by atoms with Gasteiger partial charge >= 0.3 is 0 Å². The van der Waals surface area contributed by atoms with Crippen molar-refractivity contribution in [3.8, 4) is 0 Å². The lowest BCUT2D eigenvalue weighted by Crippen LogP contribution is -2.12. The molecule has 0 aliphatic rings. The molecular weight excluding hydrogens is 272 g/mol. The smallest absolute Gasteiger partial charge is 0.248 e. The Morgan fingerprint density at radius 2 is 2.05 bits per heavy atom. The Morgan fingerprint density at radius 3 is 2.75 bits per heavy atom. The second-order valence-corrected chi connectivity index (χ2v) is 5.53. The molecule has 1 unspecified atom stereocenters. The number of aryl methyl sites for hydroxylation is 1. The van der Waals surface area contributed by atoms with Crippen molar-refractivity contribution in [3.05, 3.63) is 63.7 Å². The first kappa shape index (κ1) is 13.0. The van der Waals surface area contributed by atoms with Gasteiger partial charge in [-0.1, -0.05) is 35.5 Å². The molecule has 0 bridgehead atoms. The summed E-state index contributed by atoms with van der Waals surface area (Å²) in [5.74, 6) is 1.04. The quantitative estimate of drug-likeness (QED) is 0.797. The van der Waals surface area contributed by atoms with Crippen LogP contribution in [0.3, 0.4) is 0 Å². The number of rotatable bonds is 4. The Morgan fingerprint density at radius 1 is 1.25 bits per heavy atom. The highest BCUT2D eigenvalue weighted by Gasteiger charge is 2.17. The van der Waals surface area contributed by atoms with E-state index in [1.807, 2.05) is 42.6 Å². The van der Waals surface area contributed by atoms with Gasteiger partial charge in [0.2, 0.25) is 5.89 Å². The summed E-state index contributed by atoms with van der Waals surface area (Å²) < 4.78 is 5.25. The maximum Gasteiger partial charge on any atom is 0.248 e. The Balaban J connectivity index is 1.76. The molecule has 20 heavy (non-hydrogen) atoms. The average Bonchev–Trinajstić information content (AvgIpc) is 3.09. The van der Waals surface area contributed by atoms with Crippen LogP contribution in [0, 0.1) is 6.92 Å². The zero-order chi connectivity index (χ0) is 13.9. The van der Waals surface area contributed by atoms with Crippen LogP contribution in [0.15, 0.2) is 40.2 Å². The van der Waals surface area contributed by atoms with Crippen molar-refractivity contribution in [2.24, 2.45) is 5.73 Å². The summed E-state index contributed by atoms with van der Waals surface area (Å²) in [6, 6.07) is 9.31. The summed E-state index contributed by atoms with van der Waals surface area (Å²) in [6.07, 6.45) is 0.565. The van der Waals surface area contributed by atoms with E-state index in [0.29, 0.717) is 18.1 Å². The summed E-state index contributed by atoms with van der Waals surface area (Å²) in [5, 5.41) is 7.00. The lowest BCUT2D eigenvalue weighted by atomic mass is 10.1. The topological polar surface area (TPSA) is 77.8 Å². The van der Waals surface area contributed by atoms with Gasteiger partial charge in [-0.3, -0.25) is 0 Å². The number of thiazole rings is 1. The lowest BCUT2D eigenvalue weighted by molar-refractivity contribution is 0.363. The van der Waals surface area contributed by atoms with Crippen LogP contribution in [-0.4, -0.2) is 15.1 Å². The maximum atomic E-state index is 6.12. The average molecular weight is 286 g/mol. The Labute approximate surface area is 120 Å². The van der Waals surface area contributed by atoms with Gasteiger partial charge < -0.3 is 10.3 Å². The number of aromatic nitrogens is 3. The van der Waals surface area contributed by atoms with Crippen molar-refractivity contribution >= 4 is 11.3 Å². The highest BCUT2D eigenvalue weighted by atomic mass is 32.1. The zero-order valence-corrected chi connectivity index (χ0v) is 11.8. The van der Waals surface area contributed by atoms with Crippen LogP contribution in [-0.2, 0) is 6.42 Å². The molecule has 0 fully saturated rings. The minimum Gasteiger partial charge on any atom is -0.337 e. The van der Waals surface area contributed by atoms with Gasteiger partial charge in [-0.15, -0.1) is 11.3 Å². The molecule has 0 aliphatic heterocycles. The summed E-state index contributed by atoms with van der Waals surface area (Å²) >= 11 is 1.61. The van der Waals surface area contributed by atoms with Gasteiger partial charge in [-0.05, 0) is 12.5 Å². The van der Waals surface area contributed by atoms with Gasteiger partial charge in [0.15, 0.2) is 5.82 Å². The number of benzene rings is 1. The first-order chi connectivity index (χ1) is 9.72. The van der Waals surface area contributed by atoms with Gasteiger partial charge in [-0.25, -0.2) is 4.98 Å². The van der Waals surface area contributed by atoms with E-state index in [1.54, 1.807) is 11.3 Å². The zero-order valence-electron chi connectivity index (χ0n) is 11.0. The van der Waals surface area contributed by atoms with Crippen molar-refractivity contribution in [1.29, 1.82) is 0 Å². The van der Waals surface area contributed by atoms with E-state index < -0.39 is 6.04 Å². The van der Waals surface area contributed by atoms with Crippen LogP contribution in [0.4, 0.5) is 0 Å². The molecule has 6 heteroatoms. The van der Waals surface area contributed by atoms with Crippen LogP contribution in [0.5, 0.6) is 0 Å². The summed E-state index contributed by atoms with van der Waals surface area (Å²) in [6.45, 7) is 1.97. The van der Waals surface area contributed by atoms with Crippen LogP contribution < -0.4 is 5.73 Å². The molecule has 0 aliphatic carbocycles. The largest absolute Gasteiger partial charge is 0.337 e. The van der Waals surface area contributed by atoms with Crippen LogP contribution in [0.2, 0.25) is 0 Å². The molecule has 0 saturated carbocycles. The van der Waals surface area contributed by atoms with Crippen LogP contribution in [0.25, 0.3) is 0 Å². The second kappa shape index (κ2) is 5.52. The second-order valence-electron chi connectivity index (χ2n) is 4.47. The number of hydrogen-bond acceptors (Lipinski definition) is 6. The molecule has 102 valence electrons. The molecular formula is C14H14N4OS. The molecule has 5 nitrogen and oxygen atoms in total. The Hall–Kier alpha value is -2.05. The molecule has 0 radical (unpaired) electrons. The van der Waals surface area contributed by atoms with Crippen LogP contribution >= 0.6 is 11.3 Å². The first-order valence-electron chi connectivity index (χ1n) is 6.26. The molecule has 3 rings (SSSR count). The number of nitrogens with two attached hydrogens (primary N) is 1. The molecule has 1 aromatic carbocycles. The van der Waals surface area contributed by atoms with Crippen molar-refractivity contribution < 1.29 is 4.52 Å². The van der Waals surface area contributed by atoms with Crippen molar-refractivity contribution in [2.75, 3.05) is 0 Å². The standard InChI is InChI=1S/C14H14N4OS/c1-9-16-11(8-20-9)7-12-17-14(19-18-12)13(15)10-5-3-2-4-6-10/h2-6,8,13H,7,15H2,1H3. The molecule has 2 N–H and O–H groups in total. The van der Waals surface area contributed by atoms with E-state index in [4.69, 9.17) is 10.3 Å². The third kappa shape index (κ3) is 2.76. The predicted octanol–water partition coefficient (Wildman–Crippen LogP) is 2.47. The van der Waals surface area contributed by atoms with Crippen molar-refractivity contribution in [2.45, 2.75) is 19.4 Å². The van der Waals surface area contributed by atoms with E-state index in [2.05, 4.69) is 15.1 Å². The van der Waals surface area contributed by atoms with E-state index in [1.165, 1.54) is 0 Å².